The third-order valence-electron chi connectivity index (χ3n) is 2.67. The number of nitrogens with two attached hydrogens (primary N) is 1. The lowest BCUT2D eigenvalue weighted by Crippen LogP contribution is -2.28. The number of hydrogen-bond acceptors (Lipinski definition) is 6. The molecule has 0 spiro atoms. The fraction of sp³-hybridized carbons (Fsp3) is 0.545. The molecule has 2 aromatic rings. The summed E-state index contributed by atoms with van der Waals surface area (Å²) in [7, 11) is 0. The fourth-order valence-corrected chi connectivity index (χ4v) is 1.80. The van der Waals surface area contributed by atoms with Crippen LogP contribution < -0.4 is 10.6 Å². The van der Waals surface area contributed by atoms with Crippen molar-refractivity contribution in [1.82, 2.24) is 19.9 Å². The van der Waals surface area contributed by atoms with Crippen LogP contribution in [0.15, 0.2) is 6.33 Å². The summed E-state index contributed by atoms with van der Waals surface area (Å²) < 4.78 is 5.37. The average molecular weight is 250 g/mol. The molecule has 2 aromatic heterocycles. The van der Waals surface area contributed by atoms with Crippen molar-refractivity contribution in [3.8, 4) is 0 Å². The van der Waals surface area contributed by atoms with Crippen LogP contribution in [0.1, 0.15) is 13.8 Å². The molecule has 0 aliphatic heterocycles. The van der Waals surface area contributed by atoms with Crippen LogP contribution in [0.25, 0.3) is 11.2 Å². The summed E-state index contributed by atoms with van der Waals surface area (Å²) in [5.41, 5.74) is 7.10. The number of anilines is 2. The minimum Gasteiger partial charge on any atom is -0.380 e. The molecule has 0 fully saturated rings. The molecule has 0 aliphatic rings. The maximum Gasteiger partial charge on any atom is 0.224 e. The number of hydrogen-bond donors (Lipinski definition) is 2. The van der Waals surface area contributed by atoms with Crippen LogP contribution in [-0.2, 0) is 4.74 Å². The molecule has 0 saturated heterocycles. The summed E-state index contributed by atoms with van der Waals surface area (Å²) in [6.07, 6.45) is 1.60. The van der Waals surface area contributed by atoms with E-state index in [1.807, 2.05) is 6.92 Å². The molecule has 7 heteroatoms. The van der Waals surface area contributed by atoms with Crippen LogP contribution in [0.5, 0.6) is 0 Å². The molecule has 0 amide bonds. The van der Waals surface area contributed by atoms with Crippen LogP contribution >= 0.6 is 0 Å². The van der Waals surface area contributed by atoms with Gasteiger partial charge in [0.15, 0.2) is 11.5 Å². The minimum absolute atomic E-state index is 0.236. The second-order valence-electron chi connectivity index (χ2n) is 3.78. The molecule has 2 heterocycles. The number of aromatic amines is 1. The van der Waals surface area contributed by atoms with Crippen molar-refractivity contribution in [1.29, 1.82) is 0 Å². The predicted molar refractivity (Wildman–Crippen MR) is 70.5 cm³/mol. The van der Waals surface area contributed by atoms with E-state index in [9.17, 15) is 0 Å². The molecule has 0 aliphatic carbocycles. The largest absolute Gasteiger partial charge is 0.380 e. The maximum atomic E-state index is 5.70. The number of nitrogens with zero attached hydrogens (tertiary/aromatic N) is 4. The first-order valence-electron chi connectivity index (χ1n) is 6.05. The Hall–Kier alpha value is -1.89. The Morgan fingerprint density at radius 3 is 2.94 bits per heavy atom. The number of likely N-dealkylation sites (N-methyl/N-ethyl adjacent to an activating group) is 1. The summed E-state index contributed by atoms with van der Waals surface area (Å²) in [5, 5.41) is 0. The van der Waals surface area contributed by atoms with Gasteiger partial charge in [0, 0.05) is 19.7 Å². The number of rotatable bonds is 6. The lowest BCUT2D eigenvalue weighted by molar-refractivity contribution is 0.154. The van der Waals surface area contributed by atoms with E-state index in [0.29, 0.717) is 18.9 Å². The quantitative estimate of drug-likeness (QED) is 0.736. The van der Waals surface area contributed by atoms with Crippen LogP contribution in [0.2, 0.25) is 0 Å². The summed E-state index contributed by atoms with van der Waals surface area (Å²) in [6, 6.07) is 0. The second-order valence-corrected chi connectivity index (χ2v) is 3.78. The number of H-pyrrole nitrogens is 1. The zero-order valence-electron chi connectivity index (χ0n) is 10.7. The number of nitrogen functional groups attached to an aromatic ring is 1. The maximum absolute atomic E-state index is 5.70. The summed E-state index contributed by atoms with van der Waals surface area (Å²) in [4.78, 5) is 17.6. The predicted octanol–water partition coefficient (Wildman–Crippen LogP) is 0.798. The molecular formula is C11H18N6O. The van der Waals surface area contributed by atoms with Gasteiger partial charge in [0.25, 0.3) is 0 Å². The Balaban J connectivity index is 2.28. The zero-order valence-corrected chi connectivity index (χ0v) is 10.7. The van der Waals surface area contributed by atoms with Gasteiger partial charge in [0.05, 0.1) is 12.9 Å². The summed E-state index contributed by atoms with van der Waals surface area (Å²) in [6.45, 7) is 6.98. The van der Waals surface area contributed by atoms with Gasteiger partial charge in [0.1, 0.15) is 5.52 Å². The number of fused-ring (bicyclic) bond motifs is 1. The van der Waals surface area contributed by atoms with Gasteiger partial charge >= 0.3 is 0 Å². The van der Waals surface area contributed by atoms with E-state index in [-0.39, 0.29) is 5.95 Å². The van der Waals surface area contributed by atoms with Crippen LogP contribution in [0, 0.1) is 0 Å². The van der Waals surface area contributed by atoms with Crippen molar-refractivity contribution in [2.24, 2.45) is 0 Å². The lowest BCUT2D eigenvalue weighted by Gasteiger charge is -2.22. The average Bonchev–Trinajstić information content (AvgIpc) is 2.82. The standard InChI is InChI=1S/C11H18N6O/c1-3-17(5-6-18-4-2)10-8-9(14-7-13-8)15-11(12)16-10/h7H,3-6H2,1-2H3,(H3,12,13,14,15,16). The minimum atomic E-state index is 0.236. The Morgan fingerprint density at radius 2 is 2.22 bits per heavy atom. The van der Waals surface area contributed by atoms with Gasteiger partial charge in [0.2, 0.25) is 5.95 Å². The molecule has 18 heavy (non-hydrogen) atoms. The highest BCUT2D eigenvalue weighted by atomic mass is 16.5. The highest BCUT2D eigenvalue weighted by Gasteiger charge is 2.14. The van der Waals surface area contributed by atoms with E-state index in [1.54, 1.807) is 6.33 Å². The van der Waals surface area contributed by atoms with E-state index >= 15 is 0 Å². The SMILES string of the molecule is CCOCCN(CC)c1nc(N)nc2nc[nH]c12. The molecule has 0 radical (unpaired) electrons. The van der Waals surface area contributed by atoms with Gasteiger partial charge in [-0.1, -0.05) is 0 Å². The van der Waals surface area contributed by atoms with Crippen molar-refractivity contribution >= 4 is 22.9 Å². The third kappa shape index (κ3) is 2.51. The van der Waals surface area contributed by atoms with Gasteiger partial charge < -0.3 is 20.4 Å². The fourth-order valence-electron chi connectivity index (χ4n) is 1.80. The van der Waals surface area contributed by atoms with Crippen molar-refractivity contribution in [2.75, 3.05) is 36.9 Å². The van der Waals surface area contributed by atoms with Gasteiger partial charge in [-0.05, 0) is 13.8 Å². The first-order chi connectivity index (χ1) is 8.76. The number of ether oxygens (including phenoxy) is 1. The van der Waals surface area contributed by atoms with Crippen LogP contribution in [0.4, 0.5) is 11.8 Å². The van der Waals surface area contributed by atoms with E-state index < -0.39 is 0 Å². The van der Waals surface area contributed by atoms with E-state index in [1.165, 1.54) is 0 Å². The highest BCUT2D eigenvalue weighted by molar-refractivity contribution is 5.84. The van der Waals surface area contributed by atoms with Gasteiger partial charge in [-0.25, -0.2) is 4.98 Å². The molecule has 98 valence electrons. The summed E-state index contributed by atoms with van der Waals surface area (Å²) >= 11 is 0. The molecule has 0 aromatic carbocycles. The molecule has 0 atom stereocenters. The van der Waals surface area contributed by atoms with Crippen molar-refractivity contribution in [3.05, 3.63) is 6.33 Å². The second kappa shape index (κ2) is 5.63. The van der Waals surface area contributed by atoms with Crippen molar-refractivity contribution < 1.29 is 4.74 Å². The van der Waals surface area contributed by atoms with Gasteiger partial charge in [-0.2, -0.15) is 9.97 Å². The molecular weight excluding hydrogens is 232 g/mol. The number of imidazole rings is 1. The van der Waals surface area contributed by atoms with Crippen molar-refractivity contribution in [3.63, 3.8) is 0 Å². The van der Waals surface area contributed by atoms with E-state index in [2.05, 4.69) is 31.8 Å². The number of aromatic nitrogens is 4. The van der Waals surface area contributed by atoms with E-state index in [4.69, 9.17) is 10.5 Å². The van der Waals surface area contributed by atoms with Gasteiger partial charge in [-0.15, -0.1) is 0 Å². The first-order valence-corrected chi connectivity index (χ1v) is 6.05. The summed E-state index contributed by atoms with van der Waals surface area (Å²) in [5.74, 6) is 1.01. The smallest absolute Gasteiger partial charge is 0.224 e. The number of nitrogens with one attached hydrogen (secondary N) is 1. The van der Waals surface area contributed by atoms with Gasteiger partial charge in [-0.3, -0.25) is 0 Å². The highest BCUT2D eigenvalue weighted by Crippen LogP contribution is 2.21. The molecule has 0 bridgehead atoms. The molecule has 0 saturated carbocycles. The third-order valence-corrected chi connectivity index (χ3v) is 2.67. The Labute approximate surface area is 105 Å². The van der Waals surface area contributed by atoms with Crippen molar-refractivity contribution in [2.45, 2.75) is 13.8 Å². The Morgan fingerprint density at radius 1 is 1.39 bits per heavy atom. The molecule has 0 unspecified atom stereocenters. The monoisotopic (exact) mass is 250 g/mol. The van der Waals surface area contributed by atoms with Crippen LogP contribution in [-0.4, -0.2) is 46.2 Å². The molecule has 3 N–H and O–H groups in total. The van der Waals surface area contributed by atoms with E-state index in [0.717, 1.165) is 24.4 Å². The molecule has 7 nitrogen and oxygen atoms in total. The topological polar surface area (TPSA) is 92.9 Å². The Kier molecular flexibility index (Phi) is 3.93. The van der Waals surface area contributed by atoms with Crippen LogP contribution in [0.3, 0.4) is 0 Å². The zero-order chi connectivity index (χ0) is 13.0. The Bertz CT molecular complexity index is 511. The first kappa shape index (κ1) is 12.6. The normalized spacial score (nSPS) is 11.0. The molecule has 2 rings (SSSR count). The lowest BCUT2D eigenvalue weighted by atomic mass is 10.4.